The van der Waals surface area contributed by atoms with Crippen molar-refractivity contribution in [2.75, 3.05) is 34.0 Å². The molecular formula is C29H52N2O17. The van der Waals surface area contributed by atoms with Gasteiger partial charge in [0.2, 0.25) is 12.0 Å². The molecule has 0 radical (unpaired) electrons. The Kier molecular flexibility index (Phi) is 21.1. The topological polar surface area (TPSA) is 270 Å². The van der Waals surface area contributed by atoms with Crippen LogP contribution >= 0.6 is 0 Å². The first-order valence-corrected chi connectivity index (χ1v) is 15.8. The first kappa shape index (κ1) is 43.2. The highest BCUT2D eigenvalue weighted by atomic mass is 17.2. The number of ether oxygens (including phenoxy) is 3. The van der Waals surface area contributed by atoms with Gasteiger partial charge in [-0.15, -0.1) is 0 Å². The van der Waals surface area contributed by atoms with Gasteiger partial charge in [-0.05, 0) is 26.2 Å². The standard InChI is InChI=1S/C29H52N2O17/c1-5-6-7-8-9-10-11-12-15-43-28(37)44-18-13-14-19(26(35)30-16-18)31-27(36)24(48-42-4)23(47-40)22(46-39)21(45-38)20(33)25(34)29(2,17-32)41-3/h18-19,21-24,32-34,38-40H,5-17H2,1-4H3,(H,30,35)(H,31,36)/b25-20+. The molecule has 2 amide bonds. The number of rotatable bonds is 24. The third kappa shape index (κ3) is 13.6. The number of hydrogen-bond acceptors (Lipinski definition) is 17. The van der Waals surface area contributed by atoms with E-state index in [9.17, 15) is 45.5 Å². The molecule has 0 aliphatic carbocycles. The molecule has 0 aromatic carbocycles. The van der Waals surface area contributed by atoms with Crippen molar-refractivity contribution < 1.29 is 84.1 Å². The molecule has 1 rings (SSSR count). The van der Waals surface area contributed by atoms with Crippen LogP contribution in [0.3, 0.4) is 0 Å². The van der Waals surface area contributed by atoms with E-state index in [1.807, 2.05) is 0 Å². The molecule has 19 heteroatoms. The van der Waals surface area contributed by atoms with E-state index < -0.39 is 78.3 Å². The highest BCUT2D eigenvalue weighted by Crippen LogP contribution is 2.27. The van der Waals surface area contributed by atoms with Crippen LogP contribution in [-0.2, 0) is 48.2 Å². The van der Waals surface area contributed by atoms with Gasteiger partial charge < -0.3 is 40.2 Å². The lowest BCUT2D eigenvalue weighted by molar-refractivity contribution is -0.419. The summed E-state index contributed by atoms with van der Waals surface area (Å²) in [6.45, 7) is 2.55. The zero-order valence-corrected chi connectivity index (χ0v) is 27.8. The van der Waals surface area contributed by atoms with E-state index in [-0.39, 0.29) is 26.0 Å². The van der Waals surface area contributed by atoms with Crippen molar-refractivity contribution in [2.45, 2.75) is 120 Å². The summed E-state index contributed by atoms with van der Waals surface area (Å²) in [6, 6.07) is -1.23. The maximum atomic E-state index is 13.3. The van der Waals surface area contributed by atoms with Gasteiger partial charge in [0.25, 0.3) is 5.91 Å². The summed E-state index contributed by atoms with van der Waals surface area (Å²) in [6.07, 6.45) is -1.82. The minimum atomic E-state index is -2.31. The lowest BCUT2D eigenvalue weighted by Crippen LogP contribution is -2.57. The van der Waals surface area contributed by atoms with E-state index in [4.69, 9.17) is 19.1 Å². The normalized spacial score (nSPS) is 21.0. The van der Waals surface area contributed by atoms with Crippen molar-refractivity contribution in [2.24, 2.45) is 0 Å². The highest BCUT2D eigenvalue weighted by molar-refractivity contribution is 5.89. The highest BCUT2D eigenvalue weighted by Gasteiger charge is 2.48. The molecule has 1 saturated heterocycles. The van der Waals surface area contributed by atoms with Crippen LogP contribution in [0.1, 0.15) is 78.1 Å². The SMILES string of the molecule is CCCCCCCCCCOC(=O)OC1CCC(NC(=O)C(OOC)C(OO)C(OO)C(OO)/C(O)=C(\O)C(C)(CO)OC)C(=O)NC1. The summed E-state index contributed by atoms with van der Waals surface area (Å²) in [5.74, 6) is -4.23. The van der Waals surface area contributed by atoms with Crippen LogP contribution in [0.4, 0.5) is 4.79 Å². The van der Waals surface area contributed by atoms with Gasteiger partial charge in [0, 0.05) is 7.11 Å². The van der Waals surface area contributed by atoms with Gasteiger partial charge >= 0.3 is 6.16 Å². The second kappa shape index (κ2) is 23.5. The summed E-state index contributed by atoms with van der Waals surface area (Å²) >= 11 is 0. The van der Waals surface area contributed by atoms with Gasteiger partial charge in [0.05, 0.1) is 26.9 Å². The second-order valence-electron chi connectivity index (χ2n) is 11.4. The Morgan fingerprint density at radius 3 is 2.08 bits per heavy atom. The number of nitrogens with one attached hydrogen (secondary N) is 2. The summed E-state index contributed by atoms with van der Waals surface area (Å²) in [7, 11) is 2.04. The lowest BCUT2D eigenvalue weighted by atomic mass is 9.96. The van der Waals surface area contributed by atoms with Crippen LogP contribution in [0.5, 0.6) is 0 Å². The lowest BCUT2D eigenvalue weighted by Gasteiger charge is -2.32. The van der Waals surface area contributed by atoms with E-state index in [2.05, 4.69) is 37.1 Å². The van der Waals surface area contributed by atoms with Crippen LogP contribution in [0, 0.1) is 0 Å². The van der Waals surface area contributed by atoms with E-state index in [1.165, 1.54) is 25.7 Å². The first-order valence-electron chi connectivity index (χ1n) is 15.8. The number of hydrogen-bond donors (Lipinski definition) is 8. The smallest absolute Gasteiger partial charge is 0.506 e. The Balaban J connectivity index is 2.87. The van der Waals surface area contributed by atoms with Gasteiger partial charge in [-0.3, -0.25) is 25.4 Å². The minimum Gasteiger partial charge on any atom is -0.506 e. The quantitative estimate of drug-likeness (QED) is 0.0236. The molecule has 0 bridgehead atoms. The zero-order valence-electron chi connectivity index (χ0n) is 27.8. The third-order valence-corrected chi connectivity index (χ3v) is 7.90. The molecule has 0 spiro atoms. The fourth-order valence-corrected chi connectivity index (χ4v) is 4.81. The molecule has 1 aliphatic rings. The van der Waals surface area contributed by atoms with Gasteiger partial charge in [-0.25, -0.2) is 29.2 Å². The molecule has 7 atom stereocenters. The Labute approximate surface area is 278 Å². The first-order chi connectivity index (χ1) is 23.0. The van der Waals surface area contributed by atoms with Gasteiger partial charge in [-0.1, -0.05) is 51.9 Å². The number of amides is 2. The molecular weight excluding hydrogens is 648 g/mol. The number of carbonyl (C=O) groups excluding carboxylic acids is 3. The van der Waals surface area contributed by atoms with Crippen molar-refractivity contribution in [3.8, 4) is 0 Å². The van der Waals surface area contributed by atoms with Crippen LogP contribution < -0.4 is 10.6 Å². The van der Waals surface area contributed by atoms with Gasteiger partial charge in [0.1, 0.15) is 17.7 Å². The predicted molar refractivity (Wildman–Crippen MR) is 162 cm³/mol. The maximum absolute atomic E-state index is 13.3. The molecule has 1 aliphatic heterocycles. The Morgan fingerprint density at radius 1 is 0.938 bits per heavy atom. The molecule has 8 N–H and O–H groups in total. The Morgan fingerprint density at radius 2 is 1.54 bits per heavy atom. The van der Waals surface area contributed by atoms with E-state index >= 15 is 0 Å². The monoisotopic (exact) mass is 700 g/mol. The van der Waals surface area contributed by atoms with Crippen LogP contribution in [0.2, 0.25) is 0 Å². The largest absolute Gasteiger partial charge is 0.508 e. The summed E-state index contributed by atoms with van der Waals surface area (Å²) in [5, 5.41) is 64.1. The number of unbranched alkanes of at least 4 members (excludes halogenated alkanes) is 7. The van der Waals surface area contributed by atoms with Gasteiger partial charge in [0.15, 0.2) is 29.8 Å². The summed E-state index contributed by atoms with van der Waals surface area (Å²) in [4.78, 5) is 60.2. The number of carbonyl (C=O) groups is 3. The number of aliphatic hydroxyl groups is 3. The average molecular weight is 701 g/mol. The van der Waals surface area contributed by atoms with Crippen LogP contribution in [-0.4, -0.2) is 125 Å². The van der Waals surface area contributed by atoms with E-state index in [0.717, 1.165) is 40.4 Å². The number of aliphatic hydroxyl groups excluding tert-OH is 3. The molecule has 1 fully saturated rings. The van der Waals surface area contributed by atoms with Crippen LogP contribution in [0.25, 0.3) is 0 Å². The molecule has 7 unspecified atom stereocenters. The minimum absolute atomic E-state index is 0.0334. The van der Waals surface area contributed by atoms with Crippen molar-refractivity contribution in [3.05, 3.63) is 11.5 Å². The van der Waals surface area contributed by atoms with E-state index in [1.54, 1.807) is 0 Å². The summed E-state index contributed by atoms with van der Waals surface area (Å²) < 4.78 is 15.4. The zero-order chi connectivity index (χ0) is 36.1. The number of methoxy groups -OCH3 is 1. The molecule has 0 saturated carbocycles. The third-order valence-electron chi connectivity index (χ3n) is 7.90. The Hall–Kier alpha value is -2.85. The van der Waals surface area contributed by atoms with Crippen molar-refractivity contribution in [3.63, 3.8) is 0 Å². The fraction of sp³-hybridized carbons (Fsp3) is 0.828. The molecule has 280 valence electrons. The second-order valence-corrected chi connectivity index (χ2v) is 11.4. The fourth-order valence-electron chi connectivity index (χ4n) is 4.81. The van der Waals surface area contributed by atoms with Gasteiger partial charge in [-0.2, -0.15) is 0 Å². The maximum Gasteiger partial charge on any atom is 0.508 e. The van der Waals surface area contributed by atoms with Crippen molar-refractivity contribution in [1.82, 2.24) is 10.6 Å². The molecule has 0 aromatic rings. The predicted octanol–water partition coefficient (Wildman–Crippen LogP) is 2.29. The molecule has 19 nitrogen and oxygen atoms in total. The average Bonchev–Trinajstić information content (AvgIpc) is 3.25. The van der Waals surface area contributed by atoms with Crippen molar-refractivity contribution in [1.29, 1.82) is 0 Å². The Bertz CT molecular complexity index is 979. The molecule has 48 heavy (non-hydrogen) atoms. The summed E-state index contributed by atoms with van der Waals surface area (Å²) in [5.41, 5.74) is -1.94. The molecule has 1 heterocycles. The van der Waals surface area contributed by atoms with E-state index in [0.29, 0.717) is 6.42 Å². The van der Waals surface area contributed by atoms with Crippen LogP contribution in [0.15, 0.2) is 11.5 Å². The molecule has 0 aromatic heterocycles. The van der Waals surface area contributed by atoms with Crippen molar-refractivity contribution >= 4 is 18.0 Å².